The van der Waals surface area contributed by atoms with E-state index in [0.717, 1.165) is 23.5 Å². The highest BCUT2D eigenvalue weighted by Crippen LogP contribution is 2.24. The van der Waals surface area contributed by atoms with Gasteiger partial charge in [0.25, 0.3) is 5.91 Å². The number of nitrogens with one attached hydrogen (secondary N) is 2. The molecular weight excluding hydrogens is 416 g/mol. The van der Waals surface area contributed by atoms with E-state index >= 15 is 0 Å². The summed E-state index contributed by atoms with van der Waals surface area (Å²) in [6.45, 7) is 9.25. The smallest absolute Gasteiger partial charge is 0.255 e. The lowest BCUT2D eigenvalue weighted by atomic mass is 10.1. The van der Waals surface area contributed by atoms with Crippen molar-refractivity contribution in [2.75, 3.05) is 17.7 Å². The summed E-state index contributed by atoms with van der Waals surface area (Å²) in [5.41, 5.74) is 4.98. The van der Waals surface area contributed by atoms with E-state index < -0.39 is 0 Å². The molecule has 2 amide bonds. The van der Waals surface area contributed by atoms with Crippen LogP contribution in [0.5, 0.6) is 5.75 Å². The van der Waals surface area contributed by atoms with Crippen molar-refractivity contribution in [1.82, 2.24) is 9.78 Å². The van der Waals surface area contributed by atoms with E-state index in [9.17, 15) is 9.59 Å². The van der Waals surface area contributed by atoms with Crippen molar-refractivity contribution in [2.45, 2.75) is 47.1 Å². The summed E-state index contributed by atoms with van der Waals surface area (Å²) in [6.07, 6.45) is 1.01. The van der Waals surface area contributed by atoms with Crippen LogP contribution in [-0.2, 0) is 17.8 Å². The number of anilines is 2. The first kappa shape index (κ1) is 24.0. The lowest BCUT2D eigenvalue weighted by Crippen LogP contribution is -2.14. The molecule has 0 aliphatic heterocycles. The predicted molar refractivity (Wildman–Crippen MR) is 131 cm³/mol. The monoisotopic (exact) mass is 448 g/mol. The Labute approximate surface area is 195 Å². The van der Waals surface area contributed by atoms with Gasteiger partial charge in [-0.3, -0.25) is 14.3 Å². The molecule has 0 unspecified atom stereocenters. The number of amides is 2. The number of carbonyl (C=O) groups excluding carboxylic acids is 2. The number of methoxy groups -OCH3 is 1. The maximum atomic E-state index is 12.5. The van der Waals surface area contributed by atoms with Gasteiger partial charge in [-0.2, -0.15) is 5.10 Å². The van der Waals surface area contributed by atoms with Crippen molar-refractivity contribution < 1.29 is 14.3 Å². The molecule has 0 aliphatic carbocycles. The second kappa shape index (κ2) is 10.8. The van der Waals surface area contributed by atoms with E-state index in [0.29, 0.717) is 41.4 Å². The normalized spacial score (nSPS) is 10.8. The molecule has 0 saturated heterocycles. The van der Waals surface area contributed by atoms with Gasteiger partial charge < -0.3 is 15.4 Å². The highest BCUT2D eigenvalue weighted by Gasteiger charge is 2.14. The number of para-hydroxylation sites is 2. The molecule has 0 bridgehead atoms. The van der Waals surface area contributed by atoms with Gasteiger partial charge in [-0.1, -0.05) is 26.0 Å². The Morgan fingerprint density at radius 2 is 1.73 bits per heavy atom. The summed E-state index contributed by atoms with van der Waals surface area (Å²) in [5.74, 6) is 0.784. The van der Waals surface area contributed by atoms with E-state index in [-0.39, 0.29) is 11.8 Å². The first-order valence-corrected chi connectivity index (χ1v) is 11.2. The van der Waals surface area contributed by atoms with Gasteiger partial charge in [-0.25, -0.2) is 0 Å². The molecule has 2 N–H and O–H groups in total. The minimum absolute atomic E-state index is 0.0726. The lowest BCUT2D eigenvalue weighted by Gasteiger charge is -2.10. The van der Waals surface area contributed by atoms with Gasteiger partial charge in [0.2, 0.25) is 5.91 Å². The van der Waals surface area contributed by atoms with Crippen molar-refractivity contribution >= 4 is 23.2 Å². The zero-order valence-corrected chi connectivity index (χ0v) is 19.9. The minimum atomic E-state index is -0.248. The number of benzene rings is 2. The largest absolute Gasteiger partial charge is 0.495 e. The Hall–Kier alpha value is -3.61. The molecule has 174 valence electrons. The summed E-state index contributed by atoms with van der Waals surface area (Å²) in [4.78, 5) is 25.0. The van der Waals surface area contributed by atoms with E-state index in [1.54, 1.807) is 43.5 Å². The summed E-state index contributed by atoms with van der Waals surface area (Å²) in [7, 11) is 1.56. The van der Waals surface area contributed by atoms with Crippen molar-refractivity contribution in [2.24, 2.45) is 5.92 Å². The molecule has 0 atom stereocenters. The molecule has 0 aliphatic rings. The average molecular weight is 449 g/mol. The molecule has 2 aromatic carbocycles. The number of hydrogen-bond donors (Lipinski definition) is 2. The second-order valence-corrected chi connectivity index (χ2v) is 8.51. The molecular formula is C26H32N4O3. The van der Waals surface area contributed by atoms with Crippen LogP contribution >= 0.6 is 0 Å². The van der Waals surface area contributed by atoms with Crippen LogP contribution in [0.15, 0.2) is 48.5 Å². The topological polar surface area (TPSA) is 85.2 Å². The van der Waals surface area contributed by atoms with Crippen LogP contribution < -0.4 is 15.4 Å². The first-order chi connectivity index (χ1) is 15.8. The number of ether oxygens (including phenoxy) is 1. The van der Waals surface area contributed by atoms with Gasteiger partial charge in [0, 0.05) is 29.9 Å². The Balaban J connectivity index is 1.56. The predicted octanol–water partition coefficient (Wildman–Crippen LogP) is 4.99. The Morgan fingerprint density at radius 3 is 2.39 bits per heavy atom. The molecule has 1 heterocycles. The molecule has 0 spiro atoms. The van der Waals surface area contributed by atoms with Crippen LogP contribution in [0.2, 0.25) is 0 Å². The van der Waals surface area contributed by atoms with Crippen molar-refractivity contribution in [3.05, 3.63) is 71.0 Å². The summed E-state index contributed by atoms with van der Waals surface area (Å²) < 4.78 is 7.29. The van der Waals surface area contributed by atoms with Gasteiger partial charge in [0.1, 0.15) is 5.75 Å². The third-order valence-electron chi connectivity index (χ3n) is 5.46. The fraction of sp³-hybridized carbons (Fsp3) is 0.346. The number of carbonyl (C=O) groups is 2. The van der Waals surface area contributed by atoms with Gasteiger partial charge >= 0.3 is 0 Å². The molecule has 0 fully saturated rings. The summed E-state index contributed by atoms with van der Waals surface area (Å²) in [5, 5.41) is 10.4. The number of rotatable bonds is 9. The Bertz CT molecular complexity index is 1120. The zero-order valence-electron chi connectivity index (χ0n) is 19.9. The second-order valence-electron chi connectivity index (χ2n) is 8.51. The molecule has 7 heteroatoms. The maximum absolute atomic E-state index is 12.5. The van der Waals surface area contributed by atoms with E-state index in [1.807, 2.05) is 23.7 Å². The fourth-order valence-electron chi connectivity index (χ4n) is 3.73. The van der Waals surface area contributed by atoms with E-state index in [4.69, 9.17) is 4.74 Å². The minimum Gasteiger partial charge on any atom is -0.495 e. The average Bonchev–Trinajstić information content (AvgIpc) is 3.04. The number of aryl methyl sites for hydroxylation is 1. The number of nitrogens with zero attached hydrogens (tertiary/aromatic N) is 2. The molecule has 0 radical (unpaired) electrons. The quantitative estimate of drug-likeness (QED) is 0.483. The highest BCUT2D eigenvalue weighted by atomic mass is 16.5. The molecule has 1 aromatic heterocycles. The van der Waals surface area contributed by atoms with E-state index in [2.05, 4.69) is 36.5 Å². The van der Waals surface area contributed by atoms with Crippen LogP contribution in [0.1, 0.15) is 47.6 Å². The fourth-order valence-corrected chi connectivity index (χ4v) is 3.73. The molecule has 33 heavy (non-hydrogen) atoms. The van der Waals surface area contributed by atoms with Crippen LogP contribution in [-0.4, -0.2) is 28.7 Å². The molecule has 3 rings (SSSR count). The number of hydrogen-bond acceptors (Lipinski definition) is 4. The lowest BCUT2D eigenvalue weighted by molar-refractivity contribution is -0.116. The van der Waals surface area contributed by atoms with Crippen LogP contribution in [0.25, 0.3) is 0 Å². The molecule has 3 aromatic rings. The zero-order chi connectivity index (χ0) is 24.0. The van der Waals surface area contributed by atoms with Crippen molar-refractivity contribution in [3.8, 4) is 5.75 Å². The van der Waals surface area contributed by atoms with Crippen LogP contribution in [0.3, 0.4) is 0 Å². The SMILES string of the molecule is COc1ccccc1NC(=O)c1ccc(NC(=O)CCc2c(C)nn(CC(C)C)c2C)cc1. The standard InChI is InChI=1S/C26H32N4O3/c1-17(2)16-30-19(4)22(18(3)29-30)14-15-25(31)27-21-12-10-20(11-13-21)26(32)28-23-8-6-7-9-24(23)33-5/h6-13,17H,14-16H2,1-5H3,(H,27,31)(H,28,32). The van der Waals surface area contributed by atoms with Crippen LogP contribution in [0.4, 0.5) is 11.4 Å². The van der Waals surface area contributed by atoms with Gasteiger partial charge in [0.05, 0.1) is 18.5 Å². The molecule has 0 saturated carbocycles. The third-order valence-corrected chi connectivity index (χ3v) is 5.46. The van der Waals surface area contributed by atoms with Crippen molar-refractivity contribution in [3.63, 3.8) is 0 Å². The highest BCUT2D eigenvalue weighted by molar-refractivity contribution is 6.05. The maximum Gasteiger partial charge on any atom is 0.255 e. The Kier molecular flexibility index (Phi) is 7.87. The summed E-state index contributed by atoms with van der Waals surface area (Å²) >= 11 is 0. The van der Waals surface area contributed by atoms with Gasteiger partial charge in [0.15, 0.2) is 0 Å². The van der Waals surface area contributed by atoms with Crippen LogP contribution in [0, 0.1) is 19.8 Å². The number of aromatic nitrogens is 2. The van der Waals surface area contributed by atoms with Crippen molar-refractivity contribution in [1.29, 1.82) is 0 Å². The Morgan fingerprint density at radius 1 is 1.03 bits per heavy atom. The third kappa shape index (κ3) is 6.22. The van der Waals surface area contributed by atoms with Gasteiger partial charge in [-0.05, 0) is 68.1 Å². The summed E-state index contributed by atoms with van der Waals surface area (Å²) in [6, 6.07) is 14.1. The first-order valence-electron chi connectivity index (χ1n) is 11.2. The molecule has 7 nitrogen and oxygen atoms in total. The van der Waals surface area contributed by atoms with Gasteiger partial charge in [-0.15, -0.1) is 0 Å². The van der Waals surface area contributed by atoms with E-state index in [1.165, 1.54) is 0 Å².